The van der Waals surface area contributed by atoms with E-state index in [4.69, 9.17) is 0 Å². The fourth-order valence-corrected chi connectivity index (χ4v) is 2.55. The van der Waals surface area contributed by atoms with Crippen molar-refractivity contribution in [2.24, 2.45) is 0 Å². The molecule has 0 aliphatic carbocycles. The number of nitrogens with one attached hydrogen (secondary N) is 1. The molecule has 0 amide bonds. The van der Waals surface area contributed by atoms with Crippen LogP contribution in [0.15, 0.2) is 18.2 Å². The van der Waals surface area contributed by atoms with Gasteiger partial charge in [0.15, 0.2) is 0 Å². The van der Waals surface area contributed by atoms with Crippen molar-refractivity contribution in [3.63, 3.8) is 0 Å². The molecule has 20 heavy (non-hydrogen) atoms. The highest BCUT2D eigenvalue weighted by molar-refractivity contribution is 5.92. The number of aryl methyl sites for hydroxylation is 1. The number of piperazine rings is 1. The van der Waals surface area contributed by atoms with E-state index in [2.05, 4.69) is 15.2 Å². The quantitative estimate of drug-likeness (QED) is 0.877. The minimum Gasteiger partial charge on any atom is -0.368 e. The van der Waals surface area contributed by atoms with Gasteiger partial charge in [0.2, 0.25) is 0 Å². The van der Waals surface area contributed by atoms with Crippen LogP contribution in [0.2, 0.25) is 0 Å². The monoisotopic (exact) mass is 299 g/mol. The van der Waals surface area contributed by atoms with E-state index >= 15 is 0 Å². The molecular weight excluding hydrogens is 284 g/mol. The van der Waals surface area contributed by atoms with Crippen LogP contribution >= 0.6 is 12.4 Å². The van der Waals surface area contributed by atoms with Gasteiger partial charge in [0, 0.05) is 44.0 Å². The SMILES string of the molecule is Cc1cc(N2CCNCC2)c2c(F)cc(F)cc2n1.Cl. The summed E-state index contributed by atoms with van der Waals surface area (Å²) in [5, 5.41) is 3.67. The van der Waals surface area contributed by atoms with E-state index in [0.717, 1.165) is 43.6 Å². The molecule has 6 heteroatoms. The van der Waals surface area contributed by atoms with Gasteiger partial charge in [-0.2, -0.15) is 0 Å². The summed E-state index contributed by atoms with van der Waals surface area (Å²) in [6.45, 7) is 5.20. The molecule has 0 radical (unpaired) electrons. The number of nitrogens with zero attached hydrogens (tertiary/aromatic N) is 2. The zero-order valence-corrected chi connectivity index (χ0v) is 11.9. The van der Waals surface area contributed by atoms with Crippen LogP contribution in [0.4, 0.5) is 14.5 Å². The largest absolute Gasteiger partial charge is 0.368 e. The lowest BCUT2D eigenvalue weighted by Gasteiger charge is -2.30. The summed E-state index contributed by atoms with van der Waals surface area (Å²) in [4.78, 5) is 6.35. The summed E-state index contributed by atoms with van der Waals surface area (Å²) < 4.78 is 27.4. The van der Waals surface area contributed by atoms with Crippen LogP contribution in [0.25, 0.3) is 10.9 Å². The van der Waals surface area contributed by atoms with Gasteiger partial charge >= 0.3 is 0 Å². The van der Waals surface area contributed by atoms with Crippen LogP contribution in [0.3, 0.4) is 0 Å². The zero-order chi connectivity index (χ0) is 13.4. The first-order valence-corrected chi connectivity index (χ1v) is 6.37. The average Bonchev–Trinajstić information content (AvgIpc) is 2.38. The molecule has 1 aromatic carbocycles. The first-order valence-electron chi connectivity index (χ1n) is 6.37. The van der Waals surface area contributed by atoms with Gasteiger partial charge in [0.25, 0.3) is 0 Å². The number of fused-ring (bicyclic) bond motifs is 1. The summed E-state index contributed by atoms with van der Waals surface area (Å²) in [7, 11) is 0. The smallest absolute Gasteiger partial charge is 0.137 e. The molecule has 3 nitrogen and oxygen atoms in total. The third-order valence-corrected chi connectivity index (χ3v) is 3.39. The molecule has 0 spiro atoms. The molecule has 2 aromatic rings. The Morgan fingerprint density at radius 2 is 1.85 bits per heavy atom. The molecule has 1 aromatic heterocycles. The first kappa shape index (κ1) is 14.9. The summed E-state index contributed by atoms with van der Waals surface area (Å²) in [6, 6.07) is 4.08. The molecule has 1 aliphatic rings. The number of anilines is 1. The highest BCUT2D eigenvalue weighted by atomic mass is 35.5. The van der Waals surface area contributed by atoms with Crippen molar-refractivity contribution >= 4 is 29.0 Å². The second-order valence-electron chi connectivity index (χ2n) is 4.80. The van der Waals surface area contributed by atoms with Gasteiger partial charge in [-0.25, -0.2) is 8.78 Å². The van der Waals surface area contributed by atoms with Crippen molar-refractivity contribution in [2.75, 3.05) is 31.1 Å². The second kappa shape index (κ2) is 5.89. The van der Waals surface area contributed by atoms with Crippen LogP contribution < -0.4 is 10.2 Å². The first-order chi connectivity index (χ1) is 9.15. The van der Waals surface area contributed by atoms with E-state index in [1.54, 1.807) is 0 Å². The number of hydrogen-bond donors (Lipinski definition) is 1. The number of rotatable bonds is 1. The maximum atomic E-state index is 14.1. The van der Waals surface area contributed by atoms with Crippen molar-refractivity contribution in [1.29, 1.82) is 0 Å². The van der Waals surface area contributed by atoms with Gasteiger partial charge in [-0.15, -0.1) is 12.4 Å². The average molecular weight is 300 g/mol. The Morgan fingerprint density at radius 1 is 1.15 bits per heavy atom. The molecular formula is C14H16ClF2N3. The number of halogens is 3. The van der Waals surface area contributed by atoms with Crippen LogP contribution in [0, 0.1) is 18.6 Å². The summed E-state index contributed by atoms with van der Waals surface area (Å²) in [5.41, 5.74) is 1.96. The molecule has 0 unspecified atom stereocenters. The molecule has 1 fully saturated rings. The Hall–Kier alpha value is -1.46. The number of aromatic nitrogens is 1. The van der Waals surface area contributed by atoms with Gasteiger partial charge in [0.05, 0.1) is 16.6 Å². The Morgan fingerprint density at radius 3 is 2.55 bits per heavy atom. The van der Waals surface area contributed by atoms with Crippen molar-refractivity contribution < 1.29 is 8.78 Å². The highest BCUT2D eigenvalue weighted by Gasteiger charge is 2.17. The van der Waals surface area contributed by atoms with Gasteiger partial charge in [-0.05, 0) is 13.0 Å². The Bertz CT molecular complexity index is 622. The zero-order valence-electron chi connectivity index (χ0n) is 11.1. The van der Waals surface area contributed by atoms with E-state index < -0.39 is 11.6 Å². The highest BCUT2D eigenvalue weighted by Crippen LogP contribution is 2.30. The van der Waals surface area contributed by atoms with Crippen molar-refractivity contribution in [3.05, 3.63) is 35.5 Å². The summed E-state index contributed by atoms with van der Waals surface area (Å²) in [5.74, 6) is -1.13. The molecule has 1 saturated heterocycles. The normalized spacial score (nSPS) is 15.2. The van der Waals surface area contributed by atoms with E-state index in [1.165, 1.54) is 6.07 Å². The minimum atomic E-state index is -0.589. The molecule has 2 heterocycles. The van der Waals surface area contributed by atoms with Crippen LogP contribution in [0.5, 0.6) is 0 Å². The molecule has 1 aliphatic heterocycles. The van der Waals surface area contributed by atoms with E-state index in [9.17, 15) is 8.78 Å². The predicted molar refractivity (Wildman–Crippen MR) is 78.7 cm³/mol. The van der Waals surface area contributed by atoms with Crippen LogP contribution in [0.1, 0.15) is 5.69 Å². The Labute approximate surface area is 122 Å². The lowest BCUT2D eigenvalue weighted by molar-refractivity contribution is 0.582. The topological polar surface area (TPSA) is 28.2 Å². The van der Waals surface area contributed by atoms with Gasteiger partial charge in [-0.1, -0.05) is 0 Å². The van der Waals surface area contributed by atoms with E-state index in [-0.39, 0.29) is 12.4 Å². The standard InChI is InChI=1S/C14H15F2N3.ClH/c1-9-6-13(19-4-2-17-3-5-19)14-11(16)7-10(15)8-12(14)18-9;/h6-8,17H,2-5H2,1H3;1H. The lowest BCUT2D eigenvalue weighted by atomic mass is 10.1. The number of benzene rings is 1. The number of pyridine rings is 1. The van der Waals surface area contributed by atoms with Crippen molar-refractivity contribution in [3.8, 4) is 0 Å². The molecule has 1 N–H and O–H groups in total. The third kappa shape index (κ3) is 2.69. The predicted octanol–water partition coefficient (Wildman–Crippen LogP) is 2.65. The van der Waals surface area contributed by atoms with E-state index in [1.807, 2.05) is 13.0 Å². The van der Waals surface area contributed by atoms with Crippen molar-refractivity contribution in [1.82, 2.24) is 10.3 Å². The second-order valence-corrected chi connectivity index (χ2v) is 4.80. The van der Waals surface area contributed by atoms with Gasteiger partial charge in [-0.3, -0.25) is 4.98 Å². The Balaban J connectivity index is 0.00000147. The number of hydrogen-bond acceptors (Lipinski definition) is 3. The third-order valence-electron chi connectivity index (χ3n) is 3.39. The summed E-state index contributed by atoms with van der Waals surface area (Å²) >= 11 is 0. The van der Waals surface area contributed by atoms with Gasteiger partial charge in [0.1, 0.15) is 11.6 Å². The fraction of sp³-hybridized carbons (Fsp3) is 0.357. The molecule has 0 saturated carbocycles. The Kier molecular flexibility index (Phi) is 4.40. The molecule has 108 valence electrons. The fourth-order valence-electron chi connectivity index (χ4n) is 2.55. The van der Waals surface area contributed by atoms with Crippen LogP contribution in [-0.4, -0.2) is 31.2 Å². The minimum absolute atomic E-state index is 0. The molecule has 0 bridgehead atoms. The maximum Gasteiger partial charge on any atom is 0.137 e. The van der Waals surface area contributed by atoms with Gasteiger partial charge < -0.3 is 10.2 Å². The van der Waals surface area contributed by atoms with Crippen LogP contribution in [-0.2, 0) is 0 Å². The van der Waals surface area contributed by atoms with E-state index in [0.29, 0.717) is 10.9 Å². The summed E-state index contributed by atoms with van der Waals surface area (Å²) in [6.07, 6.45) is 0. The lowest BCUT2D eigenvalue weighted by Crippen LogP contribution is -2.43. The maximum absolute atomic E-state index is 14.1. The molecule has 3 rings (SSSR count). The van der Waals surface area contributed by atoms with Crippen molar-refractivity contribution in [2.45, 2.75) is 6.92 Å². The molecule has 0 atom stereocenters.